The van der Waals surface area contributed by atoms with E-state index in [1.54, 1.807) is 37.4 Å². The van der Waals surface area contributed by atoms with Gasteiger partial charge in [0, 0.05) is 24.0 Å². The second-order valence-corrected chi connectivity index (χ2v) is 9.29. The van der Waals surface area contributed by atoms with Crippen molar-refractivity contribution in [2.45, 2.75) is 44.9 Å². The first kappa shape index (κ1) is 27.9. The van der Waals surface area contributed by atoms with Gasteiger partial charge in [-0.1, -0.05) is 30.8 Å². The van der Waals surface area contributed by atoms with Crippen LogP contribution in [0.15, 0.2) is 53.7 Å². The minimum absolute atomic E-state index is 0.0414. The number of thioether (sulfide) groups is 1. The Hall–Kier alpha value is -3.66. The molecule has 8 nitrogen and oxygen atoms in total. The number of nitrogens with one attached hydrogen (secondary N) is 1. The number of rotatable bonds is 11. The number of aromatic nitrogens is 2. The van der Waals surface area contributed by atoms with Gasteiger partial charge in [-0.25, -0.2) is 14.4 Å². The maximum atomic E-state index is 13.5. The van der Waals surface area contributed by atoms with Gasteiger partial charge in [-0.2, -0.15) is 0 Å². The SMILES string of the molecule is CCC(C(=O)Nc1ccc(OC)cc1OC)N(Cc1ccc(F)cc1)C(=O)CSc1nc(C)cc(C)n1. The summed E-state index contributed by atoms with van der Waals surface area (Å²) in [5.41, 5.74) is 2.78. The van der Waals surface area contributed by atoms with E-state index in [-0.39, 0.29) is 29.9 Å². The number of anilines is 1. The van der Waals surface area contributed by atoms with Crippen LogP contribution in [0.5, 0.6) is 11.5 Å². The summed E-state index contributed by atoms with van der Waals surface area (Å²) in [4.78, 5) is 37.2. The highest BCUT2D eigenvalue weighted by Gasteiger charge is 2.29. The minimum Gasteiger partial charge on any atom is -0.497 e. The second kappa shape index (κ2) is 13.0. The summed E-state index contributed by atoms with van der Waals surface area (Å²) in [6.45, 7) is 5.71. The molecule has 0 aliphatic heterocycles. The molecule has 0 spiro atoms. The number of aryl methyl sites for hydroxylation is 2. The molecule has 1 N–H and O–H groups in total. The van der Waals surface area contributed by atoms with Crippen LogP contribution >= 0.6 is 11.8 Å². The Bertz CT molecular complexity index is 1220. The Labute approximate surface area is 220 Å². The van der Waals surface area contributed by atoms with Crippen LogP contribution in [0.1, 0.15) is 30.3 Å². The molecule has 1 aromatic heterocycles. The van der Waals surface area contributed by atoms with Gasteiger partial charge in [0.15, 0.2) is 5.16 Å². The van der Waals surface area contributed by atoms with Crippen molar-refractivity contribution in [3.8, 4) is 11.5 Å². The second-order valence-electron chi connectivity index (χ2n) is 8.35. The predicted octanol–water partition coefficient (Wildman–Crippen LogP) is 4.79. The van der Waals surface area contributed by atoms with Crippen LogP contribution < -0.4 is 14.8 Å². The highest BCUT2D eigenvalue weighted by molar-refractivity contribution is 7.99. The van der Waals surface area contributed by atoms with Crippen molar-refractivity contribution < 1.29 is 23.5 Å². The number of amides is 2. The van der Waals surface area contributed by atoms with Gasteiger partial charge in [-0.05, 0) is 56.2 Å². The van der Waals surface area contributed by atoms with Crippen LogP contribution in [0.4, 0.5) is 10.1 Å². The number of halogens is 1. The number of methoxy groups -OCH3 is 2. The zero-order valence-electron chi connectivity index (χ0n) is 21.6. The summed E-state index contributed by atoms with van der Waals surface area (Å²) >= 11 is 1.21. The zero-order chi connectivity index (χ0) is 26.9. The molecule has 196 valence electrons. The van der Waals surface area contributed by atoms with Gasteiger partial charge in [0.05, 0.1) is 25.7 Å². The first-order chi connectivity index (χ1) is 17.7. The van der Waals surface area contributed by atoms with E-state index in [9.17, 15) is 14.0 Å². The number of carbonyl (C=O) groups is 2. The molecular weight excluding hydrogens is 495 g/mol. The maximum Gasteiger partial charge on any atom is 0.247 e. The van der Waals surface area contributed by atoms with Crippen molar-refractivity contribution in [1.82, 2.24) is 14.9 Å². The molecule has 2 amide bonds. The Kier molecular flexibility index (Phi) is 9.85. The number of carbonyl (C=O) groups excluding carboxylic acids is 2. The molecule has 3 rings (SSSR count). The van der Waals surface area contributed by atoms with Crippen LogP contribution in [-0.2, 0) is 16.1 Å². The van der Waals surface area contributed by atoms with Gasteiger partial charge >= 0.3 is 0 Å². The summed E-state index contributed by atoms with van der Waals surface area (Å²) in [6.07, 6.45) is 0.363. The van der Waals surface area contributed by atoms with Crippen LogP contribution in [0.2, 0.25) is 0 Å². The van der Waals surface area contributed by atoms with Crippen molar-refractivity contribution in [1.29, 1.82) is 0 Å². The van der Waals surface area contributed by atoms with Crippen LogP contribution in [0.25, 0.3) is 0 Å². The van der Waals surface area contributed by atoms with Crippen molar-refractivity contribution in [2.24, 2.45) is 0 Å². The largest absolute Gasteiger partial charge is 0.497 e. The first-order valence-corrected chi connectivity index (χ1v) is 12.7. The molecule has 0 radical (unpaired) electrons. The quantitative estimate of drug-likeness (QED) is 0.284. The molecule has 0 fully saturated rings. The van der Waals surface area contributed by atoms with Gasteiger partial charge in [-0.15, -0.1) is 0 Å². The van der Waals surface area contributed by atoms with Gasteiger partial charge < -0.3 is 19.7 Å². The van der Waals surface area contributed by atoms with E-state index in [1.165, 1.54) is 35.9 Å². The van der Waals surface area contributed by atoms with Crippen LogP contribution in [0.3, 0.4) is 0 Å². The molecule has 0 aliphatic carbocycles. The molecule has 2 aromatic carbocycles. The topological polar surface area (TPSA) is 93.7 Å². The molecule has 1 atom stereocenters. The van der Waals surface area contributed by atoms with Crippen molar-refractivity contribution in [3.63, 3.8) is 0 Å². The average Bonchev–Trinajstić information content (AvgIpc) is 2.88. The normalized spacial score (nSPS) is 11.5. The monoisotopic (exact) mass is 526 g/mol. The number of hydrogen-bond donors (Lipinski definition) is 1. The fourth-order valence-corrected chi connectivity index (χ4v) is 4.63. The van der Waals surface area contributed by atoms with E-state index >= 15 is 0 Å². The fraction of sp³-hybridized carbons (Fsp3) is 0.333. The van der Waals surface area contributed by atoms with Crippen molar-refractivity contribution in [3.05, 3.63) is 71.3 Å². The zero-order valence-corrected chi connectivity index (χ0v) is 22.4. The maximum absolute atomic E-state index is 13.5. The molecule has 0 bridgehead atoms. The van der Waals surface area contributed by atoms with E-state index in [4.69, 9.17) is 9.47 Å². The van der Waals surface area contributed by atoms with E-state index < -0.39 is 6.04 Å². The molecular formula is C27H31FN4O4S. The highest BCUT2D eigenvalue weighted by atomic mass is 32.2. The third kappa shape index (κ3) is 7.66. The number of benzene rings is 2. The predicted molar refractivity (Wildman–Crippen MR) is 141 cm³/mol. The Morgan fingerprint density at radius 1 is 1.03 bits per heavy atom. The Morgan fingerprint density at radius 3 is 2.30 bits per heavy atom. The third-order valence-electron chi connectivity index (χ3n) is 5.61. The van der Waals surface area contributed by atoms with Crippen molar-refractivity contribution in [2.75, 3.05) is 25.3 Å². The van der Waals surface area contributed by atoms with Crippen LogP contribution in [-0.4, -0.2) is 52.7 Å². The van der Waals surface area contributed by atoms with Gasteiger partial charge in [0.2, 0.25) is 11.8 Å². The van der Waals surface area contributed by atoms with Gasteiger partial charge in [0.1, 0.15) is 23.4 Å². The van der Waals surface area contributed by atoms with E-state index in [1.807, 2.05) is 26.8 Å². The van der Waals surface area contributed by atoms with Gasteiger partial charge in [0.25, 0.3) is 0 Å². The van der Waals surface area contributed by atoms with E-state index in [0.29, 0.717) is 34.3 Å². The number of ether oxygens (including phenoxy) is 2. The van der Waals surface area contributed by atoms with E-state index in [0.717, 1.165) is 11.4 Å². The number of hydrogen-bond acceptors (Lipinski definition) is 7. The lowest BCUT2D eigenvalue weighted by molar-refractivity contribution is -0.137. The van der Waals surface area contributed by atoms with Crippen LogP contribution in [0, 0.1) is 19.7 Å². The molecule has 1 unspecified atom stereocenters. The molecule has 3 aromatic rings. The van der Waals surface area contributed by atoms with E-state index in [2.05, 4.69) is 15.3 Å². The fourth-order valence-electron chi connectivity index (χ4n) is 3.79. The summed E-state index contributed by atoms with van der Waals surface area (Å²) in [5, 5.41) is 3.37. The summed E-state index contributed by atoms with van der Waals surface area (Å²) in [6, 6.07) is 12.0. The first-order valence-electron chi connectivity index (χ1n) is 11.8. The smallest absolute Gasteiger partial charge is 0.247 e. The summed E-state index contributed by atoms with van der Waals surface area (Å²) in [7, 11) is 3.04. The molecule has 10 heteroatoms. The van der Waals surface area contributed by atoms with Crippen molar-refractivity contribution >= 4 is 29.3 Å². The lowest BCUT2D eigenvalue weighted by atomic mass is 10.1. The Morgan fingerprint density at radius 2 is 1.70 bits per heavy atom. The van der Waals surface area contributed by atoms with Gasteiger partial charge in [-0.3, -0.25) is 9.59 Å². The lowest BCUT2D eigenvalue weighted by Crippen LogP contribution is -2.47. The number of nitrogens with zero attached hydrogens (tertiary/aromatic N) is 3. The Balaban J connectivity index is 1.85. The molecule has 37 heavy (non-hydrogen) atoms. The molecule has 0 saturated carbocycles. The molecule has 0 aliphatic rings. The minimum atomic E-state index is -0.787. The lowest BCUT2D eigenvalue weighted by Gasteiger charge is -2.30. The average molecular weight is 527 g/mol. The molecule has 1 heterocycles. The molecule has 0 saturated heterocycles. The summed E-state index contributed by atoms with van der Waals surface area (Å²) in [5.74, 6) is 0.0530. The summed E-state index contributed by atoms with van der Waals surface area (Å²) < 4.78 is 24.1. The third-order valence-corrected chi connectivity index (χ3v) is 6.44. The highest BCUT2D eigenvalue weighted by Crippen LogP contribution is 2.29. The standard InChI is InChI=1S/C27H31FN4O4S/c1-6-23(26(34)31-22-12-11-21(35-4)14-24(22)36-5)32(15-19-7-9-20(28)10-8-19)25(33)16-37-27-29-17(2)13-18(3)30-27/h7-14,23H,6,15-16H2,1-5H3,(H,31,34).